The summed E-state index contributed by atoms with van der Waals surface area (Å²) >= 11 is 3.43. The molecule has 1 aromatic heterocycles. The largest absolute Gasteiger partial charge is 0.383 e. The summed E-state index contributed by atoms with van der Waals surface area (Å²) in [4.78, 5) is 8.67. The summed E-state index contributed by atoms with van der Waals surface area (Å²) < 4.78 is 0.821. The highest BCUT2D eigenvalue weighted by Gasteiger charge is 2.21. The summed E-state index contributed by atoms with van der Waals surface area (Å²) in [6.07, 6.45) is 0.806. The average molecular weight is 258 g/mol. The van der Waals surface area contributed by atoms with Crippen molar-refractivity contribution in [3.8, 4) is 0 Å². The molecule has 1 heterocycles. The maximum atomic E-state index is 5.80. The fraction of sp³-hybridized carbons (Fsp3) is 0.600. The van der Waals surface area contributed by atoms with Crippen molar-refractivity contribution >= 4 is 21.7 Å². The van der Waals surface area contributed by atoms with E-state index >= 15 is 0 Å². The summed E-state index contributed by atoms with van der Waals surface area (Å²) in [5, 5.41) is 0. The molecule has 0 bridgehead atoms. The second kappa shape index (κ2) is 3.85. The number of nitrogen functional groups attached to an aromatic ring is 1. The van der Waals surface area contributed by atoms with Crippen LogP contribution in [0.5, 0.6) is 0 Å². The van der Waals surface area contributed by atoms with Crippen LogP contribution in [0.15, 0.2) is 4.47 Å². The minimum atomic E-state index is -0.0141. The van der Waals surface area contributed by atoms with Crippen LogP contribution >= 0.6 is 15.9 Å². The minimum Gasteiger partial charge on any atom is -0.383 e. The molecule has 1 aromatic rings. The van der Waals surface area contributed by atoms with Crippen molar-refractivity contribution in [1.82, 2.24) is 9.97 Å². The molecule has 2 N–H and O–H groups in total. The maximum absolute atomic E-state index is 5.80. The third kappa shape index (κ3) is 2.23. The molecule has 78 valence electrons. The van der Waals surface area contributed by atoms with Gasteiger partial charge in [0.15, 0.2) is 0 Å². The number of anilines is 1. The second-order valence-corrected chi connectivity index (χ2v) is 5.08. The first kappa shape index (κ1) is 11.4. The predicted molar refractivity (Wildman–Crippen MR) is 62.2 cm³/mol. The van der Waals surface area contributed by atoms with Crippen LogP contribution in [0.1, 0.15) is 39.2 Å². The lowest BCUT2D eigenvalue weighted by molar-refractivity contribution is 0.559. The van der Waals surface area contributed by atoms with Gasteiger partial charge in [0, 0.05) is 11.8 Å². The van der Waals surface area contributed by atoms with E-state index < -0.39 is 0 Å². The van der Waals surface area contributed by atoms with E-state index in [2.05, 4.69) is 46.7 Å². The van der Waals surface area contributed by atoms with E-state index in [1.165, 1.54) is 0 Å². The fourth-order valence-electron chi connectivity index (χ4n) is 1.17. The predicted octanol–water partition coefficient (Wildman–Crippen LogP) is 2.68. The van der Waals surface area contributed by atoms with Gasteiger partial charge in [-0.2, -0.15) is 0 Å². The summed E-state index contributed by atoms with van der Waals surface area (Å²) in [5.74, 6) is 1.33. The monoisotopic (exact) mass is 257 g/mol. The highest BCUT2D eigenvalue weighted by Crippen LogP contribution is 2.30. The van der Waals surface area contributed by atoms with Gasteiger partial charge in [0.25, 0.3) is 0 Å². The third-order valence-corrected chi connectivity index (χ3v) is 2.73. The standard InChI is InChI=1S/C10H16BrN3/c1-5-6-13-8(10(2,3)4)7(11)9(12)14-6/h5H2,1-4H3,(H2,12,13,14). The molecule has 0 aromatic carbocycles. The Labute approximate surface area is 93.3 Å². The van der Waals surface area contributed by atoms with Gasteiger partial charge in [-0.15, -0.1) is 0 Å². The van der Waals surface area contributed by atoms with Crippen molar-refractivity contribution in [2.75, 3.05) is 5.73 Å². The molecular weight excluding hydrogens is 242 g/mol. The number of nitrogens with zero attached hydrogens (tertiary/aromatic N) is 2. The van der Waals surface area contributed by atoms with E-state index in [1.807, 2.05) is 6.92 Å². The van der Waals surface area contributed by atoms with Crippen LogP contribution in [0.2, 0.25) is 0 Å². The molecule has 0 atom stereocenters. The van der Waals surface area contributed by atoms with Gasteiger partial charge in [-0.05, 0) is 15.9 Å². The van der Waals surface area contributed by atoms with Crippen LogP contribution in [-0.4, -0.2) is 9.97 Å². The first-order chi connectivity index (χ1) is 6.36. The van der Waals surface area contributed by atoms with E-state index in [0.29, 0.717) is 5.82 Å². The van der Waals surface area contributed by atoms with Crippen LogP contribution in [0.3, 0.4) is 0 Å². The number of hydrogen-bond donors (Lipinski definition) is 1. The summed E-state index contributed by atoms with van der Waals surface area (Å²) in [7, 11) is 0. The van der Waals surface area contributed by atoms with Gasteiger partial charge in [-0.1, -0.05) is 27.7 Å². The van der Waals surface area contributed by atoms with Crippen molar-refractivity contribution in [2.24, 2.45) is 0 Å². The number of aromatic nitrogens is 2. The van der Waals surface area contributed by atoms with Crippen LogP contribution in [-0.2, 0) is 11.8 Å². The Kier molecular flexibility index (Phi) is 3.14. The third-order valence-electron chi connectivity index (χ3n) is 1.95. The van der Waals surface area contributed by atoms with Crippen molar-refractivity contribution in [1.29, 1.82) is 0 Å². The molecule has 0 radical (unpaired) electrons. The van der Waals surface area contributed by atoms with Crippen molar-refractivity contribution in [3.05, 3.63) is 16.0 Å². The fourth-order valence-corrected chi connectivity index (χ4v) is 1.94. The smallest absolute Gasteiger partial charge is 0.141 e. The first-order valence-corrected chi connectivity index (χ1v) is 5.48. The molecule has 0 spiro atoms. The van der Waals surface area contributed by atoms with E-state index in [9.17, 15) is 0 Å². The molecule has 0 unspecified atom stereocenters. The Morgan fingerprint density at radius 1 is 1.29 bits per heavy atom. The average Bonchev–Trinajstić information content (AvgIpc) is 2.07. The number of aryl methyl sites for hydroxylation is 1. The van der Waals surface area contributed by atoms with Gasteiger partial charge in [0.2, 0.25) is 0 Å². The Morgan fingerprint density at radius 2 is 1.86 bits per heavy atom. The molecule has 14 heavy (non-hydrogen) atoms. The molecular formula is C10H16BrN3. The molecule has 0 aliphatic heterocycles. The van der Waals surface area contributed by atoms with Crippen LogP contribution in [0.25, 0.3) is 0 Å². The molecule has 3 nitrogen and oxygen atoms in total. The lowest BCUT2D eigenvalue weighted by Crippen LogP contribution is -2.17. The first-order valence-electron chi connectivity index (χ1n) is 4.68. The molecule has 0 aliphatic rings. The van der Waals surface area contributed by atoms with Gasteiger partial charge < -0.3 is 5.73 Å². The lowest BCUT2D eigenvalue weighted by Gasteiger charge is -2.20. The zero-order valence-corrected chi connectivity index (χ0v) is 10.6. The molecule has 0 saturated carbocycles. The van der Waals surface area contributed by atoms with Gasteiger partial charge >= 0.3 is 0 Å². The van der Waals surface area contributed by atoms with E-state index in [4.69, 9.17) is 5.73 Å². The zero-order valence-electron chi connectivity index (χ0n) is 9.06. The zero-order chi connectivity index (χ0) is 10.9. The topological polar surface area (TPSA) is 51.8 Å². The van der Waals surface area contributed by atoms with E-state index in [-0.39, 0.29) is 5.41 Å². The van der Waals surface area contributed by atoms with E-state index in [1.54, 1.807) is 0 Å². The Balaban J connectivity index is 3.35. The quantitative estimate of drug-likeness (QED) is 0.842. The molecule has 0 aliphatic carbocycles. The lowest BCUT2D eigenvalue weighted by atomic mass is 9.92. The molecule has 0 amide bonds. The Hall–Kier alpha value is -0.640. The highest BCUT2D eigenvalue weighted by atomic mass is 79.9. The maximum Gasteiger partial charge on any atom is 0.141 e. The number of rotatable bonds is 1. The number of nitrogens with two attached hydrogens (primary N) is 1. The highest BCUT2D eigenvalue weighted by molar-refractivity contribution is 9.10. The Bertz CT molecular complexity index is 342. The van der Waals surface area contributed by atoms with Crippen LogP contribution in [0, 0.1) is 0 Å². The molecule has 1 rings (SSSR count). The molecule has 4 heteroatoms. The van der Waals surface area contributed by atoms with Gasteiger partial charge in [0.1, 0.15) is 11.6 Å². The van der Waals surface area contributed by atoms with E-state index in [0.717, 1.165) is 22.4 Å². The van der Waals surface area contributed by atoms with Crippen molar-refractivity contribution < 1.29 is 0 Å². The molecule has 0 saturated heterocycles. The second-order valence-electron chi connectivity index (χ2n) is 4.29. The number of hydrogen-bond acceptors (Lipinski definition) is 3. The minimum absolute atomic E-state index is 0.0141. The van der Waals surface area contributed by atoms with Crippen LogP contribution in [0.4, 0.5) is 5.82 Å². The normalized spacial score (nSPS) is 11.8. The SMILES string of the molecule is CCc1nc(N)c(Br)c(C(C)(C)C)n1. The Morgan fingerprint density at radius 3 is 2.29 bits per heavy atom. The van der Waals surface area contributed by atoms with Gasteiger partial charge in [-0.25, -0.2) is 9.97 Å². The van der Waals surface area contributed by atoms with Crippen LogP contribution < -0.4 is 5.73 Å². The summed E-state index contributed by atoms with van der Waals surface area (Å²) in [6, 6.07) is 0. The van der Waals surface area contributed by atoms with Crippen molar-refractivity contribution in [2.45, 2.75) is 39.5 Å². The molecule has 0 fully saturated rings. The van der Waals surface area contributed by atoms with Gasteiger partial charge in [0.05, 0.1) is 10.2 Å². The summed E-state index contributed by atoms with van der Waals surface area (Å²) in [5.41, 5.74) is 6.76. The van der Waals surface area contributed by atoms with Gasteiger partial charge in [-0.3, -0.25) is 0 Å². The van der Waals surface area contributed by atoms with Crippen molar-refractivity contribution in [3.63, 3.8) is 0 Å². The number of halogens is 1. The summed E-state index contributed by atoms with van der Waals surface area (Å²) in [6.45, 7) is 8.35.